The highest BCUT2D eigenvalue weighted by Gasteiger charge is 2.12. The lowest BCUT2D eigenvalue weighted by Gasteiger charge is -2.11. The first kappa shape index (κ1) is 18.0. The topological polar surface area (TPSA) is 116 Å². The minimum absolute atomic E-state index is 0.103. The van der Waals surface area contributed by atoms with Crippen molar-refractivity contribution in [2.75, 3.05) is 6.61 Å². The molecule has 8 nitrogen and oxygen atoms in total. The summed E-state index contributed by atoms with van der Waals surface area (Å²) < 4.78 is 6.47. The number of nitrogens with zero attached hydrogens (tertiary/aromatic N) is 4. The smallest absolute Gasteiger partial charge is 0.248 e. The molecule has 0 aliphatic carbocycles. The maximum Gasteiger partial charge on any atom is 0.248 e. The first-order valence-corrected chi connectivity index (χ1v) is 8.55. The molecular formula is C17H16BrN5O3. The van der Waals surface area contributed by atoms with Gasteiger partial charge in [0.1, 0.15) is 18.5 Å². The highest BCUT2D eigenvalue weighted by Crippen LogP contribution is 2.17. The Morgan fingerprint density at radius 1 is 1.19 bits per heavy atom. The maximum absolute atomic E-state index is 11.1. The first-order valence-electron chi connectivity index (χ1n) is 7.76. The molecule has 3 rings (SSSR count). The van der Waals surface area contributed by atoms with Crippen LogP contribution in [0.2, 0.25) is 0 Å². The molecule has 0 unspecified atom stereocenters. The van der Waals surface area contributed by atoms with Crippen LogP contribution in [0.15, 0.2) is 53.0 Å². The van der Waals surface area contributed by atoms with Crippen LogP contribution < -0.4 is 10.5 Å². The van der Waals surface area contributed by atoms with Gasteiger partial charge in [0.2, 0.25) is 11.7 Å². The SMILES string of the molecule is NC(=O)c1ccc(-c2nnn(C[C@H](O)COc3ccc(Br)cc3)n2)cc1. The molecule has 0 saturated heterocycles. The number of halogens is 1. The van der Waals surface area contributed by atoms with Crippen LogP contribution in [0.1, 0.15) is 10.4 Å². The minimum atomic E-state index is -0.794. The number of ether oxygens (including phenoxy) is 1. The Kier molecular flexibility index (Phi) is 5.59. The molecular weight excluding hydrogens is 402 g/mol. The molecule has 0 aliphatic heterocycles. The third-order valence-electron chi connectivity index (χ3n) is 3.51. The van der Waals surface area contributed by atoms with E-state index in [1.165, 1.54) is 4.80 Å². The molecule has 1 heterocycles. The van der Waals surface area contributed by atoms with Crippen LogP contribution in [0.5, 0.6) is 5.75 Å². The van der Waals surface area contributed by atoms with Gasteiger partial charge in [-0.1, -0.05) is 28.1 Å². The monoisotopic (exact) mass is 417 g/mol. The fourth-order valence-electron chi connectivity index (χ4n) is 2.18. The quantitative estimate of drug-likeness (QED) is 0.603. The number of rotatable bonds is 7. The van der Waals surface area contributed by atoms with Crippen molar-refractivity contribution in [3.05, 3.63) is 58.6 Å². The van der Waals surface area contributed by atoms with Crippen LogP contribution in [0.25, 0.3) is 11.4 Å². The number of benzene rings is 2. The summed E-state index contributed by atoms with van der Waals surface area (Å²) in [4.78, 5) is 12.4. The van der Waals surface area contributed by atoms with Crippen molar-refractivity contribution in [2.24, 2.45) is 5.73 Å². The number of tetrazole rings is 1. The molecule has 0 radical (unpaired) electrons. The fraction of sp³-hybridized carbons (Fsp3) is 0.176. The molecule has 0 bridgehead atoms. The second-order valence-corrected chi connectivity index (χ2v) is 6.44. The van der Waals surface area contributed by atoms with E-state index >= 15 is 0 Å². The van der Waals surface area contributed by atoms with E-state index in [-0.39, 0.29) is 13.2 Å². The normalized spacial score (nSPS) is 11.9. The van der Waals surface area contributed by atoms with Crippen LogP contribution in [0.4, 0.5) is 0 Å². The van der Waals surface area contributed by atoms with E-state index in [2.05, 4.69) is 31.3 Å². The molecule has 9 heteroatoms. The molecule has 134 valence electrons. The second kappa shape index (κ2) is 8.07. The summed E-state index contributed by atoms with van der Waals surface area (Å²) in [5.41, 5.74) is 6.31. The predicted octanol–water partition coefficient (Wildman–Crippen LogP) is 1.64. The van der Waals surface area contributed by atoms with Gasteiger partial charge < -0.3 is 15.6 Å². The van der Waals surface area contributed by atoms with E-state index in [1.54, 1.807) is 36.4 Å². The number of nitrogens with two attached hydrogens (primary N) is 1. The number of aromatic nitrogens is 4. The molecule has 2 aromatic carbocycles. The third-order valence-corrected chi connectivity index (χ3v) is 4.04. The average molecular weight is 418 g/mol. The molecule has 0 spiro atoms. The van der Waals surface area contributed by atoms with Crippen LogP contribution in [0, 0.1) is 0 Å². The Morgan fingerprint density at radius 2 is 1.88 bits per heavy atom. The number of aliphatic hydroxyl groups excluding tert-OH is 1. The molecule has 3 N–H and O–H groups in total. The Bertz CT molecular complexity index is 880. The highest BCUT2D eigenvalue weighted by atomic mass is 79.9. The summed E-state index contributed by atoms with van der Waals surface area (Å²) in [6.45, 7) is 0.245. The van der Waals surface area contributed by atoms with Gasteiger partial charge in [-0.25, -0.2) is 0 Å². The zero-order chi connectivity index (χ0) is 18.5. The number of hydrogen-bond donors (Lipinski definition) is 2. The van der Waals surface area contributed by atoms with Crippen molar-refractivity contribution in [2.45, 2.75) is 12.6 Å². The summed E-state index contributed by atoms with van der Waals surface area (Å²) in [5, 5.41) is 22.2. The van der Waals surface area contributed by atoms with Crippen LogP contribution in [-0.4, -0.2) is 43.9 Å². The molecule has 1 atom stereocenters. The lowest BCUT2D eigenvalue weighted by molar-refractivity contribution is 0.0850. The summed E-state index contributed by atoms with van der Waals surface area (Å²) in [6.07, 6.45) is -0.794. The van der Waals surface area contributed by atoms with Crippen molar-refractivity contribution >= 4 is 21.8 Å². The van der Waals surface area contributed by atoms with Gasteiger partial charge >= 0.3 is 0 Å². The number of amides is 1. The predicted molar refractivity (Wildman–Crippen MR) is 97.4 cm³/mol. The van der Waals surface area contributed by atoms with Gasteiger partial charge in [-0.2, -0.15) is 4.80 Å². The van der Waals surface area contributed by atoms with Crippen molar-refractivity contribution in [1.82, 2.24) is 20.2 Å². The molecule has 1 amide bonds. The first-order chi connectivity index (χ1) is 12.5. The van der Waals surface area contributed by atoms with Gasteiger partial charge in [0, 0.05) is 15.6 Å². The largest absolute Gasteiger partial charge is 0.491 e. The van der Waals surface area contributed by atoms with E-state index < -0.39 is 12.0 Å². The lowest BCUT2D eigenvalue weighted by atomic mass is 10.1. The van der Waals surface area contributed by atoms with Crippen molar-refractivity contribution in [3.63, 3.8) is 0 Å². The summed E-state index contributed by atoms with van der Waals surface area (Å²) in [6, 6.07) is 13.9. The number of primary amides is 1. The van der Waals surface area contributed by atoms with Crippen LogP contribution in [-0.2, 0) is 6.54 Å². The molecule has 0 saturated carbocycles. The molecule has 0 aliphatic rings. The highest BCUT2D eigenvalue weighted by molar-refractivity contribution is 9.10. The van der Waals surface area contributed by atoms with E-state index in [0.29, 0.717) is 22.7 Å². The Balaban J connectivity index is 1.57. The fourth-order valence-corrected chi connectivity index (χ4v) is 2.45. The number of carbonyl (C=O) groups is 1. The Hall–Kier alpha value is -2.78. The van der Waals surface area contributed by atoms with E-state index in [1.807, 2.05) is 12.1 Å². The van der Waals surface area contributed by atoms with Crippen LogP contribution >= 0.6 is 15.9 Å². The molecule has 1 aromatic heterocycles. The van der Waals surface area contributed by atoms with Crippen molar-refractivity contribution < 1.29 is 14.6 Å². The van der Waals surface area contributed by atoms with Crippen LogP contribution in [0.3, 0.4) is 0 Å². The molecule has 0 fully saturated rings. The maximum atomic E-state index is 11.1. The van der Waals surface area contributed by atoms with Gasteiger partial charge in [-0.3, -0.25) is 4.79 Å². The number of aliphatic hydroxyl groups is 1. The van der Waals surface area contributed by atoms with Crippen molar-refractivity contribution in [3.8, 4) is 17.1 Å². The van der Waals surface area contributed by atoms with Gasteiger partial charge in [-0.15, -0.1) is 10.2 Å². The minimum Gasteiger partial charge on any atom is -0.491 e. The Labute approximate surface area is 157 Å². The van der Waals surface area contributed by atoms with E-state index in [4.69, 9.17) is 10.5 Å². The van der Waals surface area contributed by atoms with E-state index in [0.717, 1.165) is 4.47 Å². The van der Waals surface area contributed by atoms with Gasteiger partial charge in [-0.05, 0) is 41.6 Å². The van der Waals surface area contributed by atoms with Gasteiger partial charge in [0.15, 0.2) is 0 Å². The second-order valence-electron chi connectivity index (χ2n) is 5.53. The van der Waals surface area contributed by atoms with Gasteiger partial charge in [0.05, 0.1) is 6.54 Å². The van der Waals surface area contributed by atoms with Gasteiger partial charge in [0.25, 0.3) is 0 Å². The summed E-state index contributed by atoms with van der Waals surface area (Å²) in [5.74, 6) is 0.554. The van der Waals surface area contributed by atoms with Crippen molar-refractivity contribution in [1.29, 1.82) is 0 Å². The summed E-state index contributed by atoms with van der Waals surface area (Å²) >= 11 is 3.35. The zero-order valence-corrected chi connectivity index (χ0v) is 15.2. The zero-order valence-electron chi connectivity index (χ0n) is 13.6. The average Bonchev–Trinajstić information content (AvgIpc) is 3.10. The summed E-state index contributed by atoms with van der Waals surface area (Å²) in [7, 11) is 0. The Morgan fingerprint density at radius 3 is 2.54 bits per heavy atom. The van der Waals surface area contributed by atoms with E-state index in [9.17, 15) is 9.90 Å². The standard InChI is InChI=1S/C17H16BrN5O3/c18-13-5-7-15(8-6-13)26-10-14(24)9-23-21-17(20-22-23)12-3-1-11(2-4-12)16(19)25/h1-8,14,24H,9-10H2,(H2,19,25)/t14-/m0/s1. The lowest BCUT2D eigenvalue weighted by Crippen LogP contribution is -2.24. The third kappa shape index (κ3) is 4.64. The molecule has 3 aromatic rings. The number of carbonyl (C=O) groups excluding carboxylic acids is 1. The molecule has 26 heavy (non-hydrogen) atoms. The number of hydrogen-bond acceptors (Lipinski definition) is 6.